The molecule has 3 rings (SSSR count). The molecule has 2 aromatic rings. The third-order valence-electron chi connectivity index (χ3n) is 2.81. The van der Waals surface area contributed by atoms with E-state index < -0.39 is 0 Å². The Bertz CT molecular complexity index is 628. The van der Waals surface area contributed by atoms with Crippen LogP contribution < -0.4 is 24.3 Å². The molecule has 1 aliphatic rings. The molecule has 0 amide bonds. The number of anilines is 1. The van der Waals surface area contributed by atoms with E-state index in [9.17, 15) is 0 Å². The zero-order chi connectivity index (χ0) is 14.7. The van der Waals surface area contributed by atoms with Crippen molar-refractivity contribution in [3.05, 3.63) is 23.8 Å². The fourth-order valence-corrected chi connectivity index (χ4v) is 1.78. The Morgan fingerprint density at radius 1 is 1.14 bits per heavy atom. The molecule has 1 aromatic heterocycles. The molecule has 0 saturated carbocycles. The van der Waals surface area contributed by atoms with E-state index in [0.717, 1.165) is 11.3 Å². The molecule has 2 heterocycles. The van der Waals surface area contributed by atoms with Gasteiger partial charge in [0.15, 0.2) is 11.5 Å². The van der Waals surface area contributed by atoms with Gasteiger partial charge in [-0.3, -0.25) is 0 Å². The van der Waals surface area contributed by atoms with E-state index in [4.69, 9.17) is 18.9 Å². The van der Waals surface area contributed by atoms with Crippen LogP contribution in [-0.2, 0) is 6.61 Å². The number of nitrogens with one attached hydrogen (secondary N) is 1. The average Bonchev–Trinajstić information content (AvgIpc) is 3.00. The monoisotopic (exact) mass is 290 g/mol. The van der Waals surface area contributed by atoms with Crippen LogP contribution in [0.25, 0.3) is 0 Å². The van der Waals surface area contributed by atoms with E-state index in [-0.39, 0.29) is 18.8 Å². The molecule has 0 atom stereocenters. The summed E-state index contributed by atoms with van der Waals surface area (Å²) in [6.45, 7) is 0.544. The molecule has 1 aromatic carbocycles. The smallest absolute Gasteiger partial charge is 0.324 e. The predicted octanol–water partition coefficient (Wildman–Crippen LogP) is 1.23. The minimum Gasteiger partial charge on any atom is -0.467 e. The van der Waals surface area contributed by atoms with Crippen LogP contribution in [0.2, 0.25) is 0 Å². The van der Waals surface area contributed by atoms with E-state index >= 15 is 0 Å². The normalized spacial score (nSPS) is 12.1. The highest BCUT2D eigenvalue weighted by Crippen LogP contribution is 2.32. The minimum absolute atomic E-state index is 0.184. The van der Waals surface area contributed by atoms with Gasteiger partial charge in [0.05, 0.1) is 7.11 Å². The van der Waals surface area contributed by atoms with Gasteiger partial charge in [-0.25, -0.2) is 0 Å². The number of methoxy groups -OCH3 is 1. The molecular weight excluding hydrogens is 276 g/mol. The molecule has 21 heavy (non-hydrogen) atoms. The minimum atomic E-state index is 0.184. The van der Waals surface area contributed by atoms with Crippen molar-refractivity contribution in [3.8, 4) is 23.5 Å². The molecule has 0 spiro atoms. The van der Waals surface area contributed by atoms with Crippen molar-refractivity contribution < 1.29 is 18.9 Å². The van der Waals surface area contributed by atoms with Crippen molar-refractivity contribution in [2.24, 2.45) is 0 Å². The van der Waals surface area contributed by atoms with Crippen LogP contribution in [0.1, 0.15) is 5.56 Å². The van der Waals surface area contributed by atoms with Crippen molar-refractivity contribution in [2.75, 3.05) is 26.3 Å². The summed E-state index contributed by atoms with van der Waals surface area (Å²) in [5.41, 5.74) is 0.921. The summed E-state index contributed by atoms with van der Waals surface area (Å²) >= 11 is 0. The topological polar surface area (TPSA) is 87.6 Å². The van der Waals surface area contributed by atoms with Crippen LogP contribution in [-0.4, -0.2) is 35.9 Å². The van der Waals surface area contributed by atoms with Crippen molar-refractivity contribution in [1.29, 1.82) is 0 Å². The van der Waals surface area contributed by atoms with Gasteiger partial charge in [-0.1, -0.05) is 6.07 Å². The van der Waals surface area contributed by atoms with E-state index in [1.165, 1.54) is 7.11 Å². The predicted molar refractivity (Wildman–Crippen MR) is 72.8 cm³/mol. The van der Waals surface area contributed by atoms with Gasteiger partial charge in [-0.05, 0) is 17.7 Å². The Morgan fingerprint density at radius 2 is 1.95 bits per heavy atom. The van der Waals surface area contributed by atoms with Crippen molar-refractivity contribution in [1.82, 2.24) is 15.0 Å². The van der Waals surface area contributed by atoms with Crippen LogP contribution in [0.15, 0.2) is 18.2 Å². The van der Waals surface area contributed by atoms with Gasteiger partial charge in [0.1, 0.15) is 6.61 Å². The van der Waals surface area contributed by atoms with E-state index in [1.807, 2.05) is 18.2 Å². The summed E-state index contributed by atoms with van der Waals surface area (Å²) in [5, 5.41) is 2.82. The largest absolute Gasteiger partial charge is 0.467 e. The zero-order valence-electron chi connectivity index (χ0n) is 11.6. The summed E-state index contributed by atoms with van der Waals surface area (Å²) in [6, 6.07) is 5.97. The summed E-state index contributed by atoms with van der Waals surface area (Å²) in [5.74, 6) is 1.82. The summed E-state index contributed by atoms with van der Waals surface area (Å²) in [4.78, 5) is 12.1. The molecule has 0 saturated heterocycles. The quantitative estimate of drug-likeness (QED) is 0.879. The first-order valence-electron chi connectivity index (χ1n) is 6.27. The van der Waals surface area contributed by atoms with Crippen LogP contribution in [0.5, 0.6) is 23.5 Å². The lowest BCUT2D eigenvalue weighted by molar-refractivity contribution is 0.174. The molecule has 8 nitrogen and oxygen atoms in total. The van der Waals surface area contributed by atoms with Crippen LogP contribution in [0.3, 0.4) is 0 Å². The number of hydrogen-bond acceptors (Lipinski definition) is 8. The molecule has 110 valence electrons. The second-order valence-electron chi connectivity index (χ2n) is 4.15. The highest BCUT2D eigenvalue weighted by molar-refractivity contribution is 5.44. The number of nitrogens with zero attached hydrogens (tertiary/aromatic N) is 3. The third kappa shape index (κ3) is 2.88. The summed E-state index contributed by atoms with van der Waals surface area (Å²) in [7, 11) is 3.19. The second-order valence-corrected chi connectivity index (χ2v) is 4.15. The zero-order valence-corrected chi connectivity index (χ0v) is 11.6. The number of rotatable bonds is 5. The Balaban J connectivity index is 1.72. The molecule has 8 heteroatoms. The maximum Gasteiger partial charge on any atom is 0.324 e. The lowest BCUT2D eigenvalue weighted by atomic mass is 10.2. The fourth-order valence-electron chi connectivity index (χ4n) is 1.78. The molecule has 0 bridgehead atoms. The van der Waals surface area contributed by atoms with Gasteiger partial charge >= 0.3 is 12.0 Å². The van der Waals surface area contributed by atoms with E-state index in [2.05, 4.69) is 20.3 Å². The first-order valence-corrected chi connectivity index (χ1v) is 6.27. The van der Waals surface area contributed by atoms with E-state index in [1.54, 1.807) is 7.05 Å². The Hall–Kier alpha value is -2.77. The average molecular weight is 290 g/mol. The maximum atomic E-state index is 5.56. The third-order valence-corrected chi connectivity index (χ3v) is 2.81. The molecule has 0 aliphatic carbocycles. The fraction of sp³-hybridized carbons (Fsp3) is 0.308. The van der Waals surface area contributed by atoms with Gasteiger partial charge in [0.2, 0.25) is 12.7 Å². The molecule has 0 radical (unpaired) electrons. The molecule has 0 unspecified atom stereocenters. The first-order chi connectivity index (χ1) is 10.3. The maximum absolute atomic E-state index is 5.56. The van der Waals surface area contributed by atoms with Crippen LogP contribution in [0.4, 0.5) is 5.95 Å². The van der Waals surface area contributed by atoms with Gasteiger partial charge < -0.3 is 24.3 Å². The molecule has 1 aliphatic heterocycles. The standard InChI is InChI=1S/C13H14N4O4/c1-14-11-15-12(18-2)17-13(16-11)19-6-8-3-4-9-10(5-8)21-7-20-9/h3-5H,6-7H2,1-2H3,(H,14,15,16,17). The van der Waals surface area contributed by atoms with Gasteiger partial charge in [0, 0.05) is 7.05 Å². The van der Waals surface area contributed by atoms with Crippen LogP contribution in [0, 0.1) is 0 Å². The molecule has 0 fully saturated rings. The van der Waals surface area contributed by atoms with Crippen molar-refractivity contribution in [3.63, 3.8) is 0 Å². The van der Waals surface area contributed by atoms with Gasteiger partial charge in [-0.2, -0.15) is 9.97 Å². The SMILES string of the molecule is CNc1nc(OC)nc(OCc2ccc3c(c2)OCO3)n1. The second kappa shape index (κ2) is 5.70. The number of ether oxygens (including phenoxy) is 4. The number of fused-ring (bicyclic) bond motifs is 1. The Kier molecular flexibility index (Phi) is 3.59. The molecular formula is C13H14N4O4. The first kappa shape index (κ1) is 13.2. The Labute approximate surface area is 121 Å². The van der Waals surface area contributed by atoms with Crippen LogP contribution >= 0.6 is 0 Å². The number of benzene rings is 1. The number of aromatic nitrogens is 3. The van der Waals surface area contributed by atoms with Crippen molar-refractivity contribution in [2.45, 2.75) is 6.61 Å². The van der Waals surface area contributed by atoms with Gasteiger partial charge in [0.25, 0.3) is 0 Å². The van der Waals surface area contributed by atoms with E-state index in [0.29, 0.717) is 18.3 Å². The van der Waals surface area contributed by atoms with Gasteiger partial charge in [-0.15, -0.1) is 4.98 Å². The van der Waals surface area contributed by atoms with Crippen molar-refractivity contribution >= 4 is 5.95 Å². The highest BCUT2D eigenvalue weighted by atomic mass is 16.7. The lowest BCUT2D eigenvalue weighted by Crippen LogP contribution is -2.05. The number of hydrogen-bond donors (Lipinski definition) is 1. The summed E-state index contributed by atoms with van der Waals surface area (Å²) in [6.07, 6.45) is 0. The summed E-state index contributed by atoms with van der Waals surface area (Å²) < 4.78 is 21.1. The Morgan fingerprint density at radius 3 is 2.76 bits per heavy atom. The lowest BCUT2D eigenvalue weighted by Gasteiger charge is -2.07. The highest BCUT2D eigenvalue weighted by Gasteiger charge is 2.14. The molecule has 1 N–H and O–H groups in total.